The molecule has 0 aromatic carbocycles. The Morgan fingerprint density at radius 3 is 2.44 bits per heavy atom. The molecule has 1 aromatic rings. The van der Waals surface area contributed by atoms with Crippen molar-refractivity contribution < 1.29 is 13.2 Å². The summed E-state index contributed by atoms with van der Waals surface area (Å²) < 4.78 is 28.3. The van der Waals surface area contributed by atoms with E-state index in [-0.39, 0.29) is 23.4 Å². The minimum atomic E-state index is -3.65. The average molecular weight is 369 g/mol. The van der Waals surface area contributed by atoms with Gasteiger partial charge in [-0.3, -0.25) is 9.59 Å². The van der Waals surface area contributed by atoms with Gasteiger partial charge in [-0.2, -0.15) is 4.31 Å². The van der Waals surface area contributed by atoms with Gasteiger partial charge in [-0.1, -0.05) is 19.8 Å². The number of sulfonamides is 1. The summed E-state index contributed by atoms with van der Waals surface area (Å²) in [6, 6.07) is 2.54. The van der Waals surface area contributed by atoms with E-state index in [1.807, 2.05) is 13.8 Å². The maximum absolute atomic E-state index is 12.8. The molecule has 0 aliphatic carbocycles. The van der Waals surface area contributed by atoms with Gasteiger partial charge < -0.3 is 9.88 Å². The summed E-state index contributed by atoms with van der Waals surface area (Å²) in [6.07, 6.45) is 5.80. The fourth-order valence-corrected chi connectivity index (χ4v) is 4.33. The van der Waals surface area contributed by atoms with E-state index in [2.05, 4.69) is 5.32 Å². The average Bonchev–Trinajstić information content (AvgIpc) is 2.86. The van der Waals surface area contributed by atoms with Crippen LogP contribution in [0.2, 0.25) is 0 Å². The summed E-state index contributed by atoms with van der Waals surface area (Å²) in [5.41, 5.74) is -0.394. The quantitative estimate of drug-likeness (QED) is 0.819. The van der Waals surface area contributed by atoms with Crippen LogP contribution in [0, 0.1) is 0 Å². The monoisotopic (exact) mass is 369 g/mol. The molecule has 1 aliphatic rings. The number of aromatic nitrogens is 1. The van der Waals surface area contributed by atoms with E-state index in [1.165, 1.54) is 22.6 Å². The molecule has 0 bridgehead atoms. The Hall–Kier alpha value is -1.67. The van der Waals surface area contributed by atoms with Crippen molar-refractivity contribution in [2.75, 3.05) is 13.1 Å². The highest BCUT2D eigenvalue weighted by atomic mass is 32.2. The normalized spacial score (nSPS) is 17.7. The fraction of sp³-hybridized carbons (Fsp3) is 0.647. The van der Waals surface area contributed by atoms with Gasteiger partial charge in [0.05, 0.1) is 4.90 Å². The third-order valence-electron chi connectivity index (χ3n) is 4.49. The van der Waals surface area contributed by atoms with Crippen LogP contribution in [0.25, 0.3) is 0 Å². The van der Waals surface area contributed by atoms with Crippen LogP contribution in [-0.4, -0.2) is 42.3 Å². The molecule has 0 saturated carbocycles. The molecule has 2 heterocycles. The summed E-state index contributed by atoms with van der Waals surface area (Å²) in [5.74, 6) is -0.305. The molecular weight excluding hydrogens is 342 g/mol. The number of carbonyl (C=O) groups excluding carboxylic acids is 1. The minimum Gasteiger partial charge on any atom is -0.352 e. The second-order valence-corrected chi connectivity index (χ2v) is 8.46. The van der Waals surface area contributed by atoms with Crippen LogP contribution < -0.4 is 10.9 Å². The van der Waals surface area contributed by atoms with Crippen molar-refractivity contribution >= 4 is 15.9 Å². The predicted octanol–water partition coefficient (Wildman–Crippen LogP) is 1.33. The number of pyridine rings is 1. The van der Waals surface area contributed by atoms with Gasteiger partial charge in [-0.05, 0) is 32.3 Å². The lowest BCUT2D eigenvalue weighted by molar-refractivity contribution is -0.122. The Morgan fingerprint density at radius 2 is 1.84 bits per heavy atom. The molecule has 1 unspecified atom stereocenters. The first-order chi connectivity index (χ1) is 11.8. The Morgan fingerprint density at radius 1 is 1.20 bits per heavy atom. The lowest BCUT2D eigenvalue weighted by atomic mass is 10.2. The van der Waals surface area contributed by atoms with Crippen LogP contribution in [0.5, 0.6) is 0 Å². The number of nitrogens with one attached hydrogen (secondary N) is 1. The van der Waals surface area contributed by atoms with Gasteiger partial charge >= 0.3 is 0 Å². The Bertz CT molecular complexity index is 749. The van der Waals surface area contributed by atoms with E-state index in [0.717, 1.165) is 36.7 Å². The summed E-state index contributed by atoms with van der Waals surface area (Å²) in [4.78, 5) is 24.1. The zero-order chi connectivity index (χ0) is 18.4. The lowest BCUT2D eigenvalue weighted by Crippen LogP contribution is -2.37. The Labute approximate surface area is 149 Å². The molecule has 1 atom stereocenters. The van der Waals surface area contributed by atoms with E-state index in [9.17, 15) is 18.0 Å². The van der Waals surface area contributed by atoms with Gasteiger partial charge in [-0.15, -0.1) is 0 Å². The number of nitrogens with zero attached hydrogens (tertiary/aromatic N) is 2. The summed E-state index contributed by atoms with van der Waals surface area (Å²) in [7, 11) is -3.65. The molecule has 0 radical (unpaired) electrons. The van der Waals surface area contributed by atoms with Gasteiger partial charge in [0.2, 0.25) is 15.9 Å². The Kier molecular flexibility index (Phi) is 6.78. The van der Waals surface area contributed by atoms with Crippen LogP contribution in [0.15, 0.2) is 28.0 Å². The molecule has 1 fully saturated rings. The van der Waals surface area contributed by atoms with E-state index < -0.39 is 15.6 Å². The number of carbonyl (C=O) groups is 1. The van der Waals surface area contributed by atoms with Crippen molar-refractivity contribution in [2.24, 2.45) is 0 Å². The van der Waals surface area contributed by atoms with Crippen molar-refractivity contribution in [1.29, 1.82) is 0 Å². The predicted molar refractivity (Wildman–Crippen MR) is 95.8 cm³/mol. The molecule has 140 valence electrons. The third-order valence-corrected chi connectivity index (χ3v) is 6.38. The van der Waals surface area contributed by atoms with Gasteiger partial charge in [0, 0.05) is 31.4 Å². The molecule has 0 spiro atoms. The smallest absolute Gasteiger partial charge is 0.251 e. The van der Waals surface area contributed by atoms with Gasteiger partial charge in [0.15, 0.2) is 0 Å². The van der Waals surface area contributed by atoms with Crippen LogP contribution in [0.3, 0.4) is 0 Å². The highest BCUT2D eigenvalue weighted by molar-refractivity contribution is 7.89. The molecule has 8 heteroatoms. The van der Waals surface area contributed by atoms with Crippen molar-refractivity contribution in [3.8, 4) is 0 Å². The summed E-state index contributed by atoms with van der Waals surface area (Å²) >= 11 is 0. The largest absolute Gasteiger partial charge is 0.352 e. The molecule has 1 amide bonds. The highest BCUT2D eigenvalue weighted by Crippen LogP contribution is 2.19. The van der Waals surface area contributed by atoms with Crippen molar-refractivity contribution in [3.63, 3.8) is 0 Å². The van der Waals surface area contributed by atoms with Gasteiger partial charge in [-0.25, -0.2) is 8.42 Å². The zero-order valence-electron chi connectivity index (χ0n) is 14.9. The first-order valence-corrected chi connectivity index (χ1v) is 10.3. The number of hydrogen-bond acceptors (Lipinski definition) is 4. The maximum atomic E-state index is 12.8. The molecule has 2 rings (SSSR count). The number of rotatable bonds is 6. The minimum absolute atomic E-state index is 0.00668. The van der Waals surface area contributed by atoms with Crippen molar-refractivity contribution in [3.05, 3.63) is 28.7 Å². The molecule has 1 saturated heterocycles. The van der Waals surface area contributed by atoms with Gasteiger partial charge in [0.25, 0.3) is 5.56 Å². The van der Waals surface area contributed by atoms with Crippen molar-refractivity contribution in [1.82, 2.24) is 14.2 Å². The standard InChI is InChI=1S/C17H27N3O4S/c1-3-14(2)18-16(21)13-19-12-15(8-9-17(19)22)25(23,24)20-10-6-4-5-7-11-20/h8-9,12,14H,3-7,10-11,13H2,1-2H3,(H,18,21). The second-order valence-electron chi connectivity index (χ2n) is 6.53. The molecule has 25 heavy (non-hydrogen) atoms. The summed E-state index contributed by atoms with van der Waals surface area (Å²) in [5, 5.41) is 2.78. The molecule has 1 aliphatic heterocycles. The molecule has 1 N–H and O–H groups in total. The first-order valence-electron chi connectivity index (χ1n) is 8.84. The van der Waals surface area contributed by atoms with E-state index in [0.29, 0.717) is 13.1 Å². The van der Waals surface area contributed by atoms with E-state index in [1.54, 1.807) is 0 Å². The Balaban J connectivity index is 2.22. The fourth-order valence-electron chi connectivity index (χ4n) is 2.79. The number of hydrogen-bond donors (Lipinski definition) is 1. The van der Waals surface area contributed by atoms with Crippen LogP contribution >= 0.6 is 0 Å². The van der Waals surface area contributed by atoms with Crippen LogP contribution in [0.1, 0.15) is 46.0 Å². The zero-order valence-corrected chi connectivity index (χ0v) is 15.7. The second kappa shape index (κ2) is 8.62. The van der Waals surface area contributed by atoms with Crippen LogP contribution in [-0.2, 0) is 21.4 Å². The third kappa shape index (κ3) is 5.15. The summed E-state index contributed by atoms with van der Waals surface area (Å²) in [6.45, 7) is 4.63. The number of amides is 1. The maximum Gasteiger partial charge on any atom is 0.251 e. The molecule has 1 aromatic heterocycles. The van der Waals surface area contributed by atoms with E-state index in [4.69, 9.17) is 0 Å². The molecule has 7 nitrogen and oxygen atoms in total. The lowest BCUT2D eigenvalue weighted by Gasteiger charge is -2.20. The van der Waals surface area contributed by atoms with E-state index >= 15 is 0 Å². The first kappa shape index (κ1) is 19.7. The highest BCUT2D eigenvalue weighted by Gasteiger charge is 2.26. The van der Waals surface area contributed by atoms with Crippen LogP contribution in [0.4, 0.5) is 0 Å². The van der Waals surface area contributed by atoms with Crippen molar-refractivity contribution in [2.45, 2.75) is 63.4 Å². The SMILES string of the molecule is CCC(C)NC(=O)Cn1cc(S(=O)(=O)N2CCCCCC2)ccc1=O. The van der Waals surface area contributed by atoms with Gasteiger partial charge in [0.1, 0.15) is 6.54 Å². The molecular formula is C17H27N3O4S. The topological polar surface area (TPSA) is 88.5 Å².